The van der Waals surface area contributed by atoms with E-state index in [0.717, 1.165) is 43.1 Å². The van der Waals surface area contributed by atoms with Gasteiger partial charge in [-0.15, -0.1) is 0 Å². The number of hydrogen-bond donors (Lipinski definition) is 1. The Morgan fingerprint density at radius 2 is 2.14 bits per heavy atom. The maximum absolute atomic E-state index is 11.7. The molecule has 0 amide bonds. The molecule has 2 aliphatic rings. The zero-order chi connectivity index (χ0) is 20.5. The van der Waals surface area contributed by atoms with Crippen molar-refractivity contribution >= 4 is 12.3 Å². The highest BCUT2D eigenvalue weighted by atomic mass is 16.6. The summed E-state index contributed by atoms with van der Waals surface area (Å²) in [7, 11) is 0. The van der Waals surface area contributed by atoms with Gasteiger partial charge in [0, 0.05) is 18.8 Å². The van der Waals surface area contributed by atoms with Crippen molar-refractivity contribution in [3.63, 3.8) is 0 Å². The van der Waals surface area contributed by atoms with Crippen molar-refractivity contribution in [3.05, 3.63) is 40.7 Å². The molecule has 28 heavy (non-hydrogen) atoms. The molecule has 0 aromatic heterocycles. The molecule has 0 saturated carbocycles. The van der Waals surface area contributed by atoms with E-state index < -0.39 is 11.7 Å². The van der Waals surface area contributed by atoms with Crippen LogP contribution in [0.4, 0.5) is 0 Å². The zero-order valence-electron chi connectivity index (χ0n) is 17.2. The number of aldehydes is 1. The summed E-state index contributed by atoms with van der Waals surface area (Å²) in [6.07, 6.45) is 6.90. The van der Waals surface area contributed by atoms with Gasteiger partial charge in [-0.1, -0.05) is 25.8 Å². The minimum Gasteiger partial charge on any atom is -0.507 e. The van der Waals surface area contributed by atoms with Crippen LogP contribution in [0.5, 0.6) is 5.75 Å². The largest absolute Gasteiger partial charge is 0.507 e. The van der Waals surface area contributed by atoms with Crippen LogP contribution in [-0.4, -0.2) is 29.1 Å². The van der Waals surface area contributed by atoms with Gasteiger partial charge in [0.1, 0.15) is 17.1 Å². The third kappa shape index (κ3) is 3.80. The number of benzene rings is 1. The molecule has 5 nitrogen and oxygen atoms in total. The number of esters is 1. The third-order valence-corrected chi connectivity index (χ3v) is 5.99. The van der Waals surface area contributed by atoms with Gasteiger partial charge in [0.2, 0.25) is 0 Å². The lowest BCUT2D eigenvalue weighted by molar-refractivity contribution is -0.150. The Morgan fingerprint density at radius 3 is 2.79 bits per heavy atom. The van der Waals surface area contributed by atoms with Crippen molar-refractivity contribution in [1.82, 2.24) is 0 Å². The monoisotopic (exact) mass is 386 g/mol. The lowest BCUT2D eigenvalue weighted by atomic mass is 9.77. The molecule has 1 N–H and O–H groups in total. The molecule has 5 heteroatoms. The Bertz CT molecular complexity index is 792. The van der Waals surface area contributed by atoms with Crippen LogP contribution in [0.1, 0.15) is 80.8 Å². The summed E-state index contributed by atoms with van der Waals surface area (Å²) in [6, 6.07) is 3.48. The Balaban J connectivity index is 2.02. The van der Waals surface area contributed by atoms with E-state index in [4.69, 9.17) is 9.47 Å². The van der Waals surface area contributed by atoms with Crippen LogP contribution in [0.25, 0.3) is 0 Å². The Hall–Kier alpha value is -2.30. The summed E-state index contributed by atoms with van der Waals surface area (Å²) < 4.78 is 11.9. The number of phenols is 1. The number of aromatic hydroxyl groups is 1. The second kappa shape index (κ2) is 7.98. The SMILES string of the molecule is CCCCCC(OC(C)=O)C1=C[C@H]2c3c(ccc(O)c3C=O)C[C@H]2C(C)(C)O1. The Morgan fingerprint density at radius 1 is 1.39 bits per heavy atom. The molecule has 0 fully saturated rings. The fraction of sp³-hybridized carbons (Fsp3) is 0.565. The van der Waals surface area contributed by atoms with Gasteiger partial charge >= 0.3 is 5.97 Å². The van der Waals surface area contributed by atoms with Crippen LogP contribution in [0.2, 0.25) is 0 Å². The van der Waals surface area contributed by atoms with Crippen molar-refractivity contribution in [2.75, 3.05) is 0 Å². The van der Waals surface area contributed by atoms with Gasteiger partial charge in [0.15, 0.2) is 12.4 Å². The average molecular weight is 386 g/mol. The number of phenolic OH excluding ortho intramolecular Hbond substituents is 1. The van der Waals surface area contributed by atoms with Crippen molar-refractivity contribution in [1.29, 1.82) is 0 Å². The predicted molar refractivity (Wildman–Crippen MR) is 106 cm³/mol. The van der Waals surface area contributed by atoms with E-state index >= 15 is 0 Å². The number of rotatable bonds is 7. The molecule has 0 spiro atoms. The van der Waals surface area contributed by atoms with Crippen molar-refractivity contribution in [2.45, 2.75) is 77.4 Å². The van der Waals surface area contributed by atoms with E-state index in [-0.39, 0.29) is 23.6 Å². The van der Waals surface area contributed by atoms with Crippen LogP contribution in [0, 0.1) is 5.92 Å². The van der Waals surface area contributed by atoms with Crippen LogP contribution >= 0.6 is 0 Å². The topological polar surface area (TPSA) is 72.8 Å². The maximum atomic E-state index is 11.7. The minimum absolute atomic E-state index is 0.00753. The van der Waals surface area contributed by atoms with Gasteiger partial charge in [-0.3, -0.25) is 9.59 Å². The molecule has 0 saturated heterocycles. The number of fused-ring (bicyclic) bond motifs is 3. The van der Waals surface area contributed by atoms with Crippen molar-refractivity contribution in [3.8, 4) is 5.75 Å². The normalized spacial score (nSPS) is 23.1. The van der Waals surface area contributed by atoms with Crippen LogP contribution < -0.4 is 0 Å². The molecular weight excluding hydrogens is 356 g/mol. The van der Waals surface area contributed by atoms with Crippen molar-refractivity contribution < 1.29 is 24.2 Å². The number of carbonyl (C=O) groups excluding carboxylic acids is 2. The predicted octanol–water partition coefficient (Wildman–Crippen LogP) is 4.67. The molecule has 1 aliphatic carbocycles. The lowest BCUT2D eigenvalue weighted by Crippen LogP contribution is -2.42. The van der Waals surface area contributed by atoms with Gasteiger partial charge in [0.05, 0.1) is 5.56 Å². The molecule has 1 aliphatic heterocycles. The standard InChI is InChI=1S/C23H30O5/c1-5-6-7-8-20(27-14(2)25)21-12-16-18(23(3,4)28-21)11-15-9-10-19(26)17(13-24)22(15)16/h9-10,12-13,16,18,20,26H,5-8,11H2,1-4H3/t16-,18-,20?/m1/s1. The molecular formula is C23H30O5. The van der Waals surface area contributed by atoms with E-state index in [1.807, 2.05) is 26.0 Å². The number of ether oxygens (including phenoxy) is 2. The first-order valence-corrected chi connectivity index (χ1v) is 10.2. The second-order valence-corrected chi connectivity index (χ2v) is 8.39. The summed E-state index contributed by atoms with van der Waals surface area (Å²) >= 11 is 0. The highest BCUT2D eigenvalue weighted by Gasteiger charge is 2.48. The Kier molecular flexibility index (Phi) is 5.82. The second-order valence-electron chi connectivity index (χ2n) is 8.39. The van der Waals surface area contributed by atoms with E-state index in [1.165, 1.54) is 6.92 Å². The van der Waals surface area contributed by atoms with Gasteiger partial charge in [0.25, 0.3) is 0 Å². The summed E-state index contributed by atoms with van der Waals surface area (Å²) in [6.45, 7) is 7.63. The first-order valence-electron chi connectivity index (χ1n) is 10.2. The smallest absolute Gasteiger partial charge is 0.303 e. The first-order chi connectivity index (χ1) is 13.3. The van der Waals surface area contributed by atoms with E-state index in [1.54, 1.807) is 6.07 Å². The highest BCUT2D eigenvalue weighted by Crippen LogP contribution is 2.52. The minimum atomic E-state index is -0.479. The summed E-state index contributed by atoms with van der Waals surface area (Å²) in [5.74, 6) is 0.438. The van der Waals surface area contributed by atoms with Crippen LogP contribution in [0.15, 0.2) is 24.0 Å². The van der Waals surface area contributed by atoms with Gasteiger partial charge in [-0.05, 0) is 56.4 Å². The molecule has 1 aromatic carbocycles. The summed E-state index contributed by atoms with van der Waals surface area (Å²) in [5.41, 5.74) is 1.82. The average Bonchev–Trinajstić information content (AvgIpc) is 3.00. The molecule has 0 radical (unpaired) electrons. The van der Waals surface area contributed by atoms with E-state index in [0.29, 0.717) is 17.7 Å². The lowest BCUT2D eigenvalue weighted by Gasteiger charge is -2.42. The highest BCUT2D eigenvalue weighted by molar-refractivity contribution is 5.83. The fourth-order valence-electron chi connectivity index (χ4n) is 4.61. The molecule has 3 rings (SSSR count). The van der Waals surface area contributed by atoms with Gasteiger partial charge in [-0.25, -0.2) is 0 Å². The molecule has 1 unspecified atom stereocenters. The fourth-order valence-corrected chi connectivity index (χ4v) is 4.61. The molecule has 1 heterocycles. The molecule has 1 aromatic rings. The first kappa shape index (κ1) is 20.4. The maximum Gasteiger partial charge on any atom is 0.303 e. The molecule has 0 bridgehead atoms. The van der Waals surface area contributed by atoms with E-state index in [2.05, 4.69) is 6.92 Å². The third-order valence-electron chi connectivity index (χ3n) is 5.99. The zero-order valence-corrected chi connectivity index (χ0v) is 17.2. The van der Waals surface area contributed by atoms with Crippen molar-refractivity contribution in [2.24, 2.45) is 5.92 Å². The number of carbonyl (C=O) groups is 2. The van der Waals surface area contributed by atoms with Gasteiger partial charge < -0.3 is 14.6 Å². The molecule has 152 valence electrons. The number of hydrogen-bond acceptors (Lipinski definition) is 5. The van der Waals surface area contributed by atoms with Gasteiger partial charge in [-0.2, -0.15) is 0 Å². The quantitative estimate of drug-likeness (QED) is 0.419. The molecule has 3 atom stereocenters. The Labute approximate surface area is 166 Å². The number of allylic oxidation sites excluding steroid dienone is 1. The van der Waals surface area contributed by atoms with Crippen LogP contribution in [0.3, 0.4) is 0 Å². The van der Waals surface area contributed by atoms with Crippen LogP contribution in [-0.2, 0) is 20.7 Å². The summed E-state index contributed by atoms with van der Waals surface area (Å²) in [4.78, 5) is 23.4. The summed E-state index contributed by atoms with van der Waals surface area (Å²) in [5, 5.41) is 10.2. The van der Waals surface area contributed by atoms with E-state index in [9.17, 15) is 14.7 Å². The number of unbranched alkanes of at least 4 members (excludes halogenated alkanes) is 2.